The monoisotopic (exact) mass is 337 g/mol. The average Bonchev–Trinajstić information content (AvgIpc) is 2.38. The van der Waals surface area contributed by atoms with Crippen LogP contribution < -0.4 is 5.32 Å². The third-order valence-corrected chi connectivity index (χ3v) is 4.62. The average molecular weight is 338 g/mol. The maximum Gasteiger partial charge on any atom is 0.0744 e. The molecular formula is C17H24BrNO. The molecule has 0 aromatic heterocycles. The van der Waals surface area contributed by atoms with E-state index in [1.165, 1.54) is 29.7 Å². The van der Waals surface area contributed by atoms with Crippen LogP contribution in [0.1, 0.15) is 32.3 Å². The molecule has 1 aliphatic carbocycles. The fraction of sp³-hybridized carbons (Fsp3) is 0.529. The van der Waals surface area contributed by atoms with E-state index in [-0.39, 0.29) is 0 Å². The van der Waals surface area contributed by atoms with E-state index >= 15 is 0 Å². The lowest BCUT2D eigenvalue weighted by Gasteiger charge is -2.26. The van der Waals surface area contributed by atoms with Crippen molar-refractivity contribution in [1.29, 1.82) is 0 Å². The number of ether oxygens (including phenoxy) is 1. The summed E-state index contributed by atoms with van der Waals surface area (Å²) in [6.07, 6.45) is 4.90. The van der Waals surface area contributed by atoms with Gasteiger partial charge < -0.3 is 10.1 Å². The summed E-state index contributed by atoms with van der Waals surface area (Å²) >= 11 is 3.60. The lowest BCUT2D eigenvalue weighted by Crippen LogP contribution is -2.20. The summed E-state index contributed by atoms with van der Waals surface area (Å²) in [5.41, 5.74) is 3.91. The number of anilines is 1. The van der Waals surface area contributed by atoms with Gasteiger partial charge >= 0.3 is 0 Å². The van der Waals surface area contributed by atoms with Gasteiger partial charge in [0, 0.05) is 29.4 Å². The van der Waals surface area contributed by atoms with Crippen molar-refractivity contribution in [3.05, 3.63) is 39.9 Å². The summed E-state index contributed by atoms with van der Waals surface area (Å²) in [6.45, 7) is 6.22. The van der Waals surface area contributed by atoms with Crippen LogP contribution in [0.15, 0.2) is 34.3 Å². The van der Waals surface area contributed by atoms with Gasteiger partial charge in [-0.3, -0.25) is 0 Å². The van der Waals surface area contributed by atoms with E-state index in [1.807, 2.05) is 0 Å². The molecule has 0 radical (unpaired) electrons. The second-order valence-corrected chi connectivity index (χ2v) is 6.73. The Hall–Kier alpha value is -0.800. The lowest BCUT2D eigenvalue weighted by atomic mass is 9.83. The summed E-state index contributed by atoms with van der Waals surface area (Å²) in [6, 6.07) is 6.27. The molecule has 2 rings (SSSR count). The van der Waals surface area contributed by atoms with Gasteiger partial charge in [-0.05, 0) is 43.7 Å². The molecule has 0 amide bonds. The van der Waals surface area contributed by atoms with Crippen LogP contribution in [-0.2, 0) is 11.3 Å². The van der Waals surface area contributed by atoms with Crippen molar-refractivity contribution in [2.45, 2.75) is 33.3 Å². The molecule has 0 spiro atoms. The van der Waals surface area contributed by atoms with E-state index in [2.05, 4.69) is 59.4 Å². The number of allylic oxidation sites excluding steroid dienone is 2. The number of benzene rings is 1. The van der Waals surface area contributed by atoms with E-state index in [1.54, 1.807) is 7.11 Å². The minimum Gasteiger partial charge on any atom is -0.384 e. The first-order valence-corrected chi connectivity index (χ1v) is 8.07. The Kier molecular flexibility index (Phi) is 5.67. The molecule has 1 aromatic rings. The van der Waals surface area contributed by atoms with E-state index in [9.17, 15) is 0 Å². The number of hydrogen-bond acceptors (Lipinski definition) is 2. The quantitative estimate of drug-likeness (QED) is 0.763. The summed E-state index contributed by atoms with van der Waals surface area (Å²) in [5, 5.41) is 3.61. The van der Waals surface area contributed by atoms with Crippen molar-refractivity contribution >= 4 is 21.6 Å². The van der Waals surface area contributed by atoms with Crippen LogP contribution in [0.3, 0.4) is 0 Å². The minimum atomic E-state index is 0.629. The molecule has 1 N–H and O–H groups in total. The number of nitrogens with one attached hydrogen (secondary N) is 1. The maximum absolute atomic E-state index is 5.30. The Bertz CT molecular complexity index is 484. The highest BCUT2D eigenvalue weighted by Crippen LogP contribution is 2.30. The highest BCUT2D eigenvalue weighted by molar-refractivity contribution is 9.10. The topological polar surface area (TPSA) is 21.3 Å². The zero-order valence-electron chi connectivity index (χ0n) is 12.6. The van der Waals surface area contributed by atoms with Crippen molar-refractivity contribution < 1.29 is 4.74 Å². The van der Waals surface area contributed by atoms with Crippen LogP contribution in [0.25, 0.3) is 0 Å². The van der Waals surface area contributed by atoms with E-state index in [4.69, 9.17) is 4.74 Å². The normalized spacial score (nSPS) is 22.5. The third-order valence-electron chi connectivity index (χ3n) is 3.87. The van der Waals surface area contributed by atoms with E-state index < -0.39 is 0 Å². The molecule has 2 nitrogen and oxygen atoms in total. The largest absolute Gasteiger partial charge is 0.384 e. The van der Waals surface area contributed by atoms with Gasteiger partial charge in [0.25, 0.3) is 0 Å². The van der Waals surface area contributed by atoms with Gasteiger partial charge in [-0.15, -0.1) is 0 Å². The maximum atomic E-state index is 5.30. The first-order chi connectivity index (χ1) is 9.60. The summed E-state index contributed by atoms with van der Waals surface area (Å²) in [5.74, 6) is 1.43. The molecule has 1 aliphatic rings. The molecule has 0 saturated heterocycles. The minimum absolute atomic E-state index is 0.629. The standard InChI is InChI=1S/C17H24BrNO/c1-12-7-13(2)9-14(8-12)10-19-17-6-4-5-16(18)15(17)11-20-3/h4-7,12,14,19H,8-11H2,1-3H3. The van der Waals surface area contributed by atoms with E-state index in [0.29, 0.717) is 12.5 Å². The Labute approximate surface area is 130 Å². The fourth-order valence-electron chi connectivity index (χ4n) is 3.11. The Morgan fingerprint density at radius 2 is 2.20 bits per heavy atom. The van der Waals surface area contributed by atoms with Crippen LogP contribution >= 0.6 is 15.9 Å². The summed E-state index contributed by atoms with van der Waals surface area (Å²) in [7, 11) is 1.74. The van der Waals surface area contributed by atoms with Crippen molar-refractivity contribution in [1.82, 2.24) is 0 Å². The number of methoxy groups -OCH3 is 1. The molecular weight excluding hydrogens is 314 g/mol. The number of halogens is 1. The van der Waals surface area contributed by atoms with Crippen LogP contribution in [-0.4, -0.2) is 13.7 Å². The molecule has 0 fully saturated rings. The Morgan fingerprint density at radius 1 is 1.40 bits per heavy atom. The molecule has 110 valence electrons. The molecule has 3 heteroatoms. The SMILES string of the molecule is COCc1c(Br)cccc1NCC1CC(C)=CC(C)C1. The molecule has 2 unspecified atom stereocenters. The molecule has 1 aromatic carbocycles. The number of rotatable bonds is 5. The zero-order valence-corrected chi connectivity index (χ0v) is 14.2. The predicted molar refractivity (Wildman–Crippen MR) is 89.0 cm³/mol. The van der Waals surface area contributed by atoms with Crippen LogP contribution in [0.2, 0.25) is 0 Å². The Morgan fingerprint density at radius 3 is 2.90 bits per heavy atom. The molecule has 0 saturated carbocycles. The Balaban J connectivity index is 2.01. The van der Waals surface area contributed by atoms with Crippen LogP contribution in [0.4, 0.5) is 5.69 Å². The second-order valence-electron chi connectivity index (χ2n) is 5.88. The molecule has 2 atom stereocenters. The molecule has 20 heavy (non-hydrogen) atoms. The fourth-order valence-corrected chi connectivity index (χ4v) is 3.59. The molecule has 0 heterocycles. The highest BCUT2D eigenvalue weighted by Gasteiger charge is 2.18. The zero-order chi connectivity index (χ0) is 14.5. The van der Waals surface area contributed by atoms with Crippen molar-refractivity contribution in [2.24, 2.45) is 11.8 Å². The van der Waals surface area contributed by atoms with Gasteiger partial charge in [0.2, 0.25) is 0 Å². The van der Waals surface area contributed by atoms with Crippen molar-refractivity contribution in [2.75, 3.05) is 19.0 Å². The van der Waals surface area contributed by atoms with Gasteiger partial charge in [-0.2, -0.15) is 0 Å². The smallest absolute Gasteiger partial charge is 0.0744 e. The first-order valence-electron chi connectivity index (χ1n) is 7.27. The summed E-state index contributed by atoms with van der Waals surface area (Å²) in [4.78, 5) is 0. The lowest BCUT2D eigenvalue weighted by molar-refractivity contribution is 0.185. The van der Waals surface area contributed by atoms with E-state index in [0.717, 1.165) is 16.9 Å². The number of hydrogen-bond donors (Lipinski definition) is 1. The highest BCUT2D eigenvalue weighted by atomic mass is 79.9. The predicted octanol–water partition coefficient (Wildman–Crippen LogP) is 5.00. The van der Waals surface area contributed by atoms with Gasteiger partial charge in [-0.1, -0.05) is 40.6 Å². The second kappa shape index (κ2) is 7.28. The van der Waals surface area contributed by atoms with Gasteiger partial charge in [-0.25, -0.2) is 0 Å². The van der Waals surface area contributed by atoms with Crippen LogP contribution in [0.5, 0.6) is 0 Å². The van der Waals surface area contributed by atoms with Gasteiger partial charge in [0.05, 0.1) is 6.61 Å². The summed E-state index contributed by atoms with van der Waals surface area (Å²) < 4.78 is 6.40. The van der Waals surface area contributed by atoms with Crippen molar-refractivity contribution in [3.63, 3.8) is 0 Å². The van der Waals surface area contributed by atoms with Crippen molar-refractivity contribution in [3.8, 4) is 0 Å². The van der Waals surface area contributed by atoms with Gasteiger partial charge in [0.1, 0.15) is 0 Å². The van der Waals surface area contributed by atoms with Crippen LogP contribution in [0, 0.1) is 11.8 Å². The molecule has 0 aliphatic heterocycles. The third kappa shape index (κ3) is 4.10. The molecule has 0 bridgehead atoms. The first kappa shape index (κ1) is 15.6. The van der Waals surface area contributed by atoms with Gasteiger partial charge in [0.15, 0.2) is 0 Å².